The Morgan fingerprint density at radius 2 is 1.72 bits per heavy atom. The molecule has 0 saturated heterocycles. The van der Waals surface area contributed by atoms with Crippen LogP contribution >= 0.6 is 0 Å². The first-order chi connectivity index (χ1) is 7.97. The summed E-state index contributed by atoms with van der Waals surface area (Å²) in [5.74, 6) is -0.794. The van der Waals surface area contributed by atoms with Crippen LogP contribution in [0.3, 0.4) is 0 Å². The van der Waals surface area contributed by atoms with Crippen molar-refractivity contribution in [3.8, 4) is 0 Å². The van der Waals surface area contributed by atoms with E-state index in [9.17, 15) is 13.2 Å². The van der Waals surface area contributed by atoms with Crippen LogP contribution in [0.4, 0.5) is 0 Å². The van der Waals surface area contributed by atoms with Crippen LogP contribution in [0.15, 0.2) is 0 Å². The van der Waals surface area contributed by atoms with Gasteiger partial charge in [-0.2, -0.15) is 0 Å². The highest BCUT2D eigenvalue weighted by Crippen LogP contribution is 2.14. The minimum absolute atomic E-state index is 0.0268. The molecule has 0 atom stereocenters. The van der Waals surface area contributed by atoms with E-state index in [0.717, 1.165) is 0 Å². The molecular formula is C12H25NO4S. The fourth-order valence-electron chi connectivity index (χ4n) is 1.49. The molecule has 0 radical (unpaired) electrons. The molecule has 18 heavy (non-hydrogen) atoms. The summed E-state index contributed by atoms with van der Waals surface area (Å²) in [4.78, 5) is 12.5. The van der Waals surface area contributed by atoms with Gasteiger partial charge in [0.05, 0.1) is 17.4 Å². The highest BCUT2D eigenvalue weighted by atomic mass is 32.2. The number of hydrogen-bond donors (Lipinski definition) is 1. The molecule has 108 valence electrons. The topological polar surface area (TPSA) is 74.7 Å². The Labute approximate surface area is 110 Å². The van der Waals surface area contributed by atoms with Gasteiger partial charge in [0.15, 0.2) is 9.84 Å². The number of sulfone groups is 1. The van der Waals surface area contributed by atoms with E-state index in [1.165, 1.54) is 0 Å². The summed E-state index contributed by atoms with van der Waals surface area (Å²) in [7, 11) is -3.08. The number of nitrogens with zero attached hydrogens (tertiary/aromatic N) is 1. The molecule has 0 rings (SSSR count). The quantitative estimate of drug-likeness (QED) is 0.762. The average Bonchev–Trinajstić information content (AvgIpc) is 2.14. The van der Waals surface area contributed by atoms with E-state index in [1.54, 1.807) is 13.8 Å². The second-order valence-corrected chi connectivity index (χ2v) is 8.39. The van der Waals surface area contributed by atoms with Crippen molar-refractivity contribution in [3.63, 3.8) is 0 Å². The molecule has 0 bridgehead atoms. The fourth-order valence-corrected chi connectivity index (χ4v) is 2.43. The second-order valence-electron chi connectivity index (χ2n) is 5.72. The Balaban J connectivity index is 4.58. The second kappa shape index (κ2) is 6.52. The lowest BCUT2D eigenvalue weighted by atomic mass is 10.1. The monoisotopic (exact) mass is 279 g/mol. The predicted octanol–water partition coefficient (Wildman–Crippen LogP) is 1.38. The molecule has 0 aromatic heterocycles. The number of hydrogen-bond acceptors (Lipinski definition) is 4. The van der Waals surface area contributed by atoms with Crippen molar-refractivity contribution in [1.82, 2.24) is 4.90 Å². The molecule has 0 aliphatic rings. The van der Waals surface area contributed by atoms with E-state index in [4.69, 9.17) is 5.11 Å². The van der Waals surface area contributed by atoms with Gasteiger partial charge in [0, 0.05) is 18.6 Å². The summed E-state index contributed by atoms with van der Waals surface area (Å²) in [6, 6.07) is 0. The van der Waals surface area contributed by atoms with Crippen molar-refractivity contribution < 1.29 is 18.3 Å². The van der Waals surface area contributed by atoms with Crippen LogP contribution in [0.2, 0.25) is 0 Å². The summed E-state index contributed by atoms with van der Waals surface area (Å²) in [6.07, 6.45) is 0.0268. The molecule has 0 unspecified atom stereocenters. The molecule has 6 heteroatoms. The normalized spacial score (nSPS) is 13.3. The lowest BCUT2D eigenvalue weighted by Crippen LogP contribution is -2.45. The zero-order chi connectivity index (χ0) is 14.6. The van der Waals surface area contributed by atoms with Gasteiger partial charge in [-0.15, -0.1) is 0 Å². The summed E-state index contributed by atoms with van der Waals surface area (Å²) < 4.78 is 23.5. The summed E-state index contributed by atoms with van der Waals surface area (Å²) in [5.41, 5.74) is -0.234. The van der Waals surface area contributed by atoms with Gasteiger partial charge in [-0.1, -0.05) is 0 Å². The molecule has 0 fully saturated rings. The van der Waals surface area contributed by atoms with Crippen LogP contribution in [0.5, 0.6) is 0 Å². The number of aliphatic carboxylic acids is 1. The molecule has 0 aliphatic heterocycles. The van der Waals surface area contributed by atoms with Crippen LogP contribution in [-0.4, -0.2) is 54.0 Å². The first kappa shape index (κ1) is 17.4. The summed E-state index contributed by atoms with van der Waals surface area (Å²) in [6.45, 7) is 9.93. The third-order valence-electron chi connectivity index (χ3n) is 2.91. The van der Waals surface area contributed by atoms with Gasteiger partial charge in [0.1, 0.15) is 0 Å². The standard InChI is InChI=1S/C12H25NO4S/c1-10(2)18(16,17)9-8-13(12(3,4)5)7-6-11(14)15/h10H,6-9H2,1-5H3,(H,14,15). The molecule has 0 saturated carbocycles. The van der Waals surface area contributed by atoms with E-state index in [-0.39, 0.29) is 17.7 Å². The zero-order valence-corrected chi connectivity index (χ0v) is 12.7. The Morgan fingerprint density at radius 3 is 2.06 bits per heavy atom. The Bertz CT molecular complexity index is 368. The maximum Gasteiger partial charge on any atom is 0.304 e. The van der Waals surface area contributed by atoms with Crippen LogP contribution < -0.4 is 0 Å². The van der Waals surface area contributed by atoms with Crippen molar-refractivity contribution in [2.75, 3.05) is 18.8 Å². The average molecular weight is 279 g/mol. The SMILES string of the molecule is CC(C)S(=O)(=O)CCN(CCC(=O)O)C(C)(C)C. The molecule has 5 nitrogen and oxygen atoms in total. The van der Waals surface area contributed by atoms with E-state index < -0.39 is 21.1 Å². The Hall–Kier alpha value is -0.620. The van der Waals surface area contributed by atoms with Gasteiger partial charge in [0.2, 0.25) is 0 Å². The van der Waals surface area contributed by atoms with Crippen LogP contribution in [0.25, 0.3) is 0 Å². The lowest BCUT2D eigenvalue weighted by molar-refractivity contribution is -0.137. The van der Waals surface area contributed by atoms with Gasteiger partial charge in [-0.3, -0.25) is 9.69 Å². The third-order valence-corrected chi connectivity index (χ3v) is 5.10. The number of rotatable bonds is 7. The first-order valence-electron chi connectivity index (χ1n) is 6.15. The maximum absolute atomic E-state index is 11.8. The number of carbonyl (C=O) groups is 1. The highest BCUT2D eigenvalue weighted by Gasteiger charge is 2.25. The molecule has 0 spiro atoms. The summed E-state index contributed by atoms with van der Waals surface area (Å²) in [5, 5.41) is 8.31. The molecule has 1 N–H and O–H groups in total. The number of carboxylic acid groups (broad SMARTS) is 1. The van der Waals surface area contributed by atoms with Gasteiger partial charge in [0.25, 0.3) is 0 Å². The highest BCUT2D eigenvalue weighted by molar-refractivity contribution is 7.92. The fraction of sp³-hybridized carbons (Fsp3) is 0.917. The molecule has 0 aliphatic carbocycles. The van der Waals surface area contributed by atoms with Crippen molar-refractivity contribution in [1.29, 1.82) is 0 Å². The van der Waals surface area contributed by atoms with Crippen molar-refractivity contribution in [2.24, 2.45) is 0 Å². The number of carboxylic acids is 1. The molecular weight excluding hydrogens is 254 g/mol. The predicted molar refractivity (Wildman–Crippen MR) is 72.5 cm³/mol. The Morgan fingerprint density at radius 1 is 1.22 bits per heavy atom. The van der Waals surface area contributed by atoms with Crippen molar-refractivity contribution in [2.45, 2.75) is 51.8 Å². The Kier molecular flexibility index (Phi) is 6.29. The molecule has 0 heterocycles. The minimum atomic E-state index is -3.08. The van der Waals surface area contributed by atoms with Gasteiger partial charge < -0.3 is 5.11 Å². The smallest absolute Gasteiger partial charge is 0.304 e. The van der Waals surface area contributed by atoms with E-state index in [0.29, 0.717) is 13.1 Å². The first-order valence-corrected chi connectivity index (χ1v) is 7.87. The summed E-state index contributed by atoms with van der Waals surface area (Å²) >= 11 is 0. The molecule has 0 amide bonds. The van der Waals surface area contributed by atoms with Crippen LogP contribution in [-0.2, 0) is 14.6 Å². The zero-order valence-electron chi connectivity index (χ0n) is 11.9. The van der Waals surface area contributed by atoms with Crippen LogP contribution in [0.1, 0.15) is 41.0 Å². The van der Waals surface area contributed by atoms with Gasteiger partial charge in [-0.05, 0) is 34.6 Å². The van der Waals surface area contributed by atoms with Crippen molar-refractivity contribution >= 4 is 15.8 Å². The lowest BCUT2D eigenvalue weighted by Gasteiger charge is -2.35. The van der Waals surface area contributed by atoms with E-state index in [2.05, 4.69) is 0 Å². The van der Waals surface area contributed by atoms with E-state index in [1.807, 2.05) is 25.7 Å². The minimum Gasteiger partial charge on any atom is -0.481 e. The van der Waals surface area contributed by atoms with Crippen molar-refractivity contribution in [3.05, 3.63) is 0 Å². The van der Waals surface area contributed by atoms with Crippen LogP contribution in [0, 0.1) is 0 Å². The molecule has 0 aromatic rings. The maximum atomic E-state index is 11.8. The largest absolute Gasteiger partial charge is 0.481 e. The van der Waals surface area contributed by atoms with Gasteiger partial charge in [-0.25, -0.2) is 8.42 Å². The van der Waals surface area contributed by atoms with Gasteiger partial charge >= 0.3 is 5.97 Å². The molecule has 0 aromatic carbocycles. The van der Waals surface area contributed by atoms with E-state index >= 15 is 0 Å². The third kappa shape index (κ3) is 6.35.